The number of rotatable bonds is 5. The van der Waals surface area contributed by atoms with Crippen molar-refractivity contribution in [1.82, 2.24) is 4.98 Å². The Morgan fingerprint density at radius 3 is 2.66 bits per heavy atom. The number of nitrogens with two attached hydrogens (primary N) is 3. The van der Waals surface area contributed by atoms with Crippen LogP contribution in [0, 0.1) is 11.6 Å². The molecule has 2 aliphatic heterocycles. The Morgan fingerprint density at radius 1 is 1.26 bits per heavy atom. The molecule has 3 aliphatic rings. The Labute approximate surface area is 206 Å². The van der Waals surface area contributed by atoms with Crippen molar-refractivity contribution in [3.8, 4) is 0 Å². The van der Waals surface area contributed by atoms with Gasteiger partial charge in [0.25, 0.3) is 5.91 Å². The Hall–Kier alpha value is -2.89. The Kier molecular flexibility index (Phi) is 6.32. The highest BCUT2D eigenvalue weighted by Crippen LogP contribution is 2.53. The number of carbonyl (C=O) groups is 1. The van der Waals surface area contributed by atoms with Crippen molar-refractivity contribution >= 4 is 29.0 Å². The van der Waals surface area contributed by atoms with E-state index in [1.54, 1.807) is 13.3 Å². The zero-order valence-corrected chi connectivity index (χ0v) is 20.2. The number of carbonyl (C=O) groups excluding carboxylic acids is 1. The predicted molar refractivity (Wildman–Crippen MR) is 131 cm³/mol. The van der Waals surface area contributed by atoms with Crippen LogP contribution in [-0.4, -0.2) is 37.1 Å². The van der Waals surface area contributed by atoms with Crippen LogP contribution in [-0.2, 0) is 16.0 Å². The van der Waals surface area contributed by atoms with Gasteiger partial charge in [0.1, 0.15) is 22.7 Å². The molecule has 1 aromatic carbocycles. The molecule has 0 bridgehead atoms. The van der Waals surface area contributed by atoms with Crippen LogP contribution in [0.1, 0.15) is 47.6 Å². The summed E-state index contributed by atoms with van der Waals surface area (Å²) < 4.78 is 35.5. The predicted octanol–water partition coefficient (Wildman–Crippen LogP) is 2.79. The van der Waals surface area contributed by atoms with E-state index in [0.29, 0.717) is 18.7 Å². The number of methoxy groups -OCH3 is 1. The average molecular weight is 503 g/mol. The third-order valence-electron chi connectivity index (χ3n) is 6.87. The topological polar surface area (TPSA) is 124 Å². The highest BCUT2D eigenvalue weighted by Gasteiger charge is 2.42. The summed E-state index contributed by atoms with van der Waals surface area (Å²) in [7, 11) is 1.65. The number of ether oxygens (including phenoxy) is 1. The molecule has 11 heteroatoms. The lowest BCUT2D eigenvalue weighted by Gasteiger charge is -2.38. The van der Waals surface area contributed by atoms with Crippen molar-refractivity contribution in [2.45, 2.75) is 43.2 Å². The number of benzene rings is 1. The highest BCUT2D eigenvalue weighted by atomic mass is 32.2. The van der Waals surface area contributed by atoms with E-state index in [-0.39, 0.29) is 28.4 Å². The Morgan fingerprint density at radius 2 is 2.00 bits per heavy atom. The molecule has 5 rings (SSSR count). The van der Waals surface area contributed by atoms with Crippen LogP contribution in [0.15, 0.2) is 35.1 Å². The lowest BCUT2D eigenvalue weighted by atomic mass is 10.0. The van der Waals surface area contributed by atoms with Gasteiger partial charge in [-0.3, -0.25) is 9.78 Å². The van der Waals surface area contributed by atoms with Gasteiger partial charge in [-0.15, -0.1) is 0 Å². The third kappa shape index (κ3) is 4.01. The first-order valence-corrected chi connectivity index (χ1v) is 12.4. The van der Waals surface area contributed by atoms with E-state index in [9.17, 15) is 13.6 Å². The minimum atomic E-state index is -0.976. The number of fused-ring (bicyclic) bond motifs is 1. The number of amides is 1. The summed E-state index contributed by atoms with van der Waals surface area (Å²) >= 11 is 0.987. The standard InChI is InChI=1S/C24H28F2N6O2S/c1-34-17-8-7-13-19(17)30-10-16(20(13)31-9-3-4-12(27)11-31)32-21(22(28)33)23(29)35-24(32)18-14(25)5-2-6-15(18)26/h2,5-6,10,12,17,24H,3-4,7-9,11,27,29H2,1H3,(H2,28,33). The maximum Gasteiger partial charge on any atom is 0.268 e. The van der Waals surface area contributed by atoms with Gasteiger partial charge >= 0.3 is 0 Å². The normalized spacial score (nSPS) is 24.3. The summed E-state index contributed by atoms with van der Waals surface area (Å²) in [5.74, 6) is -2.26. The molecule has 0 saturated carbocycles. The van der Waals surface area contributed by atoms with Crippen LogP contribution in [0.2, 0.25) is 0 Å². The van der Waals surface area contributed by atoms with Gasteiger partial charge < -0.3 is 31.7 Å². The van der Waals surface area contributed by atoms with Crippen LogP contribution < -0.4 is 27.0 Å². The van der Waals surface area contributed by atoms with E-state index >= 15 is 0 Å². The lowest BCUT2D eigenvalue weighted by Crippen LogP contribution is -2.44. The molecular weight excluding hydrogens is 474 g/mol. The van der Waals surface area contributed by atoms with Gasteiger partial charge in [0, 0.05) is 31.8 Å². The van der Waals surface area contributed by atoms with E-state index in [2.05, 4.69) is 9.88 Å². The summed E-state index contributed by atoms with van der Waals surface area (Å²) in [5, 5.41) is -0.878. The first-order chi connectivity index (χ1) is 16.8. The number of anilines is 2. The van der Waals surface area contributed by atoms with E-state index in [0.717, 1.165) is 54.5 Å². The summed E-state index contributed by atoms with van der Waals surface area (Å²) in [6.45, 7) is 1.35. The summed E-state index contributed by atoms with van der Waals surface area (Å²) in [5.41, 5.74) is 21.2. The van der Waals surface area contributed by atoms with Gasteiger partial charge in [-0.05, 0) is 37.8 Å². The van der Waals surface area contributed by atoms with Crippen molar-refractivity contribution in [2.75, 3.05) is 30.0 Å². The summed E-state index contributed by atoms with van der Waals surface area (Å²) in [4.78, 5) is 21.0. The monoisotopic (exact) mass is 502 g/mol. The molecule has 0 radical (unpaired) electrons. The van der Waals surface area contributed by atoms with Gasteiger partial charge in [0.15, 0.2) is 0 Å². The second-order valence-electron chi connectivity index (χ2n) is 9.02. The second kappa shape index (κ2) is 9.29. The number of hydrogen-bond acceptors (Lipinski definition) is 8. The second-order valence-corrected chi connectivity index (χ2v) is 10.1. The molecule has 186 valence electrons. The largest absolute Gasteiger partial charge is 0.392 e. The number of primary amides is 1. The maximum absolute atomic E-state index is 15.0. The molecule has 3 unspecified atom stereocenters. The summed E-state index contributed by atoms with van der Waals surface area (Å²) in [6.07, 6.45) is 4.74. The molecule has 1 amide bonds. The first kappa shape index (κ1) is 23.8. The van der Waals surface area contributed by atoms with Crippen molar-refractivity contribution < 1.29 is 18.3 Å². The van der Waals surface area contributed by atoms with E-state index in [1.807, 2.05) is 0 Å². The van der Waals surface area contributed by atoms with Gasteiger partial charge in [-0.2, -0.15) is 0 Å². The van der Waals surface area contributed by atoms with Crippen LogP contribution in [0.3, 0.4) is 0 Å². The Bertz CT molecular complexity index is 1190. The molecule has 3 heterocycles. The third-order valence-corrected chi connectivity index (χ3v) is 7.99. The minimum Gasteiger partial charge on any atom is -0.392 e. The van der Waals surface area contributed by atoms with E-state index < -0.39 is 22.9 Å². The van der Waals surface area contributed by atoms with Crippen molar-refractivity contribution in [3.63, 3.8) is 0 Å². The fourth-order valence-electron chi connectivity index (χ4n) is 5.34. The van der Waals surface area contributed by atoms with Crippen LogP contribution >= 0.6 is 11.8 Å². The number of piperidine rings is 1. The molecule has 8 nitrogen and oxygen atoms in total. The molecule has 0 spiro atoms. The van der Waals surface area contributed by atoms with Gasteiger partial charge in [-0.1, -0.05) is 17.8 Å². The number of aromatic nitrogens is 1. The number of thioether (sulfide) groups is 1. The highest BCUT2D eigenvalue weighted by molar-refractivity contribution is 8.03. The van der Waals surface area contributed by atoms with Crippen LogP contribution in [0.25, 0.3) is 0 Å². The van der Waals surface area contributed by atoms with Crippen molar-refractivity contribution in [1.29, 1.82) is 0 Å². The summed E-state index contributed by atoms with van der Waals surface area (Å²) in [6, 6.07) is 3.64. The van der Waals surface area contributed by atoms with E-state index in [1.165, 1.54) is 23.1 Å². The van der Waals surface area contributed by atoms with Crippen LogP contribution in [0.5, 0.6) is 0 Å². The number of pyridine rings is 1. The fourth-order valence-corrected chi connectivity index (χ4v) is 6.56. The SMILES string of the molecule is COC1CCc2c1ncc(N1C(C(N)=O)=C(N)SC1c1c(F)cccc1F)c2N1CCCC(N)C1. The van der Waals surface area contributed by atoms with Crippen molar-refractivity contribution in [3.05, 3.63) is 63.6 Å². The number of hydrogen-bond donors (Lipinski definition) is 3. The lowest BCUT2D eigenvalue weighted by molar-refractivity contribution is -0.114. The zero-order chi connectivity index (χ0) is 24.9. The first-order valence-electron chi connectivity index (χ1n) is 11.6. The molecule has 1 aromatic heterocycles. The quantitative estimate of drug-likeness (QED) is 0.570. The average Bonchev–Trinajstić information content (AvgIpc) is 3.38. The minimum absolute atomic E-state index is 0.00625. The molecule has 2 aromatic rings. The molecule has 3 atom stereocenters. The van der Waals surface area contributed by atoms with Gasteiger partial charge in [-0.25, -0.2) is 8.78 Å². The maximum atomic E-state index is 15.0. The fraction of sp³-hybridized carbons (Fsp3) is 0.417. The zero-order valence-electron chi connectivity index (χ0n) is 19.3. The molecule has 1 fully saturated rings. The van der Waals surface area contributed by atoms with Gasteiger partial charge in [0.2, 0.25) is 0 Å². The van der Waals surface area contributed by atoms with Crippen molar-refractivity contribution in [2.24, 2.45) is 17.2 Å². The van der Waals surface area contributed by atoms with Gasteiger partial charge in [0.05, 0.1) is 40.0 Å². The number of nitrogens with zero attached hydrogens (tertiary/aromatic N) is 3. The Balaban J connectivity index is 1.73. The van der Waals surface area contributed by atoms with E-state index in [4.69, 9.17) is 21.9 Å². The van der Waals surface area contributed by atoms with Crippen LogP contribution in [0.4, 0.5) is 20.2 Å². The number of halogens is 2. The molecule has 1 aliphatic carbocycles. The molecular formula is C24H28F2N6O2S. The molecule has 35 heavy (non-hydrogen) atoms. The smallest absolute Gasteiger partial charge is 0.268 e. The molecule has 1 saturated heterocycles. The molecule has 6 N–H and O–H groups in total.